The van der Waals surface area contributed by atoms with E-state index >= 15 is 0 Å². The molecule has 0 aromatic heterocycles. The van der Waals surface area contributed by atoms with Gasteiger partial charge in [0.05, 0.1) is 10.6 Å². The van der Waals surface area contributed by atoms with Gasteiger partial charge in [-0.05, 0) is 61.2 Å². The number of rotatable bonds is 13. The minimum atomic E-state index is -4.12. The summed E-state index contributed by atoms with van der Waals surface area (Å²) in [6, 6.07) is 19.0. The molecule has 3 aromatic carbocycles. The zero-order chi connectivity index (χ0) is 29.3. The van der Waals surface area contributed by atoms with Gasteiger partial charge in [0.25, 0.3) is 10.0 Å². The Morgan fingerprint density at radius 1 is 0.950 bits per heavy atom. The molecule has 0 heterocycles. The maximum atomic E-state index is 14.1. The summed E-state index contributed by atoms with van der Waals surface area (Å²) < 4.78 is 28.9. The van der Waals surface area contributed by atoms with Gasteiger partial charge in [0, 0.05) is 23.1 Å². The van der Waals surface area contributed by atoms with E-state index in [0.717, 1.165) is 17.1 Å². The van der Waals surface area contributed by atoms with Crippen molar-refractivity contribution in [1.29, 1.82) is 0 Å². The van der Waals surface area contributed by atoms with E-state index in [1.165, 1.54) is 17.0 Å². The Morgan fingerprint density at radius 3 is 2.25 bits per heavy atom. The number of carbonyl (C=O) groups excluding carboxylic acids is 2. The highest BCUT2D eigenvalue weighted by Gasteiger charge is 2.34. The lowest BCUT2D eigenvalue weighted by Gasteiger charge is -2.33. The van der Waals surface area contributed by atoms with Crippen LogP contribution in [0.3, 0.4) is 0 Å². The summed E-state index contributed by atoms with van der Waals surface area (Å²) in [5.74, 6) is -0.839. The van der Waals surface area contributed by atoms with E-state index in [1.54, 1.807) is 67.6 Å². The number of halogens is 2. The van der Waals surface area contributed by atoms with E-state index in [4.69, 9.17) is 23.2 Å². The monoisotopic (exact) mass is 603 g/mol. The summed E-state index contributed by atoms with van der Waals surface area (Å²) in [7, 11) is -4.12. The Hall–Kier alpha value is -3.07. The molecule has 1 N–H and O–H groups in total. The first-order valence-corrected chi connectivity index (χ1v) is 15.4. The van der Waals surface area contributed by atoms with Crippen molar-refractivity contribution in [3.05, 3.63) is 94.0 Å². The third-order valence-corrected chi connectivity index (χ3v) is 8.93. The van der Waals surface area contributed by atoms with Crippen LogP contribution in [0.1, 0.15) is 44.2 Å². The summed E-state index contributed by atoms with van der Waals surface area (Å²) >= 11 is 12.5. The van der Waals surface area contributed by atoms with Crippen LogP contribution in [-0.2, 0) is 26.2 Å². The molecular formula is C30H35Cl2N3O4S. The lowest BCUT2D eigenvalue weighted by Crippen LogP contribution is -2.52. The summed E-state index contributed by atoms with van der Waals surface area (Å²) in [5, 5.41) is 3.70. The van der Waals surface area contributed by atoms with Crippen LogP contribution in [-0.4, -0.2) is 44.3 Å². The van der Waals surface area contributed by atoms with Crippen molar-refractivity contribution < 1.29 is 18.0 Å². The molecular weight excluding hydrogens is 569 g/mol. The summed E-state index contributed by atoms with van der Waals surface area (Å²) in [6.07, 6.45) is 2.03. The number of hydrogen-bond acceptors (Lipinski definition) is 4. The first-order valence-electron chi connectivity index (χ1n) is 13.2. The van der Waals surface area contributed by atoms with Crippen LogP contribution in [0.4, 0.5) is 5.69 Å². The first kappa shape index (κ1) is 31.5. The van der Waals surface area contributed by atoms with Crippen molar-refractivity contribution in [3.63, 3.8) is 0 Å². The van der Waals surface area contributed by atoms with Gasteiger partial charge in [-0.3, -0.25) is 13.9 Å². The molecule has 0 unspecified atom stereocenters. The Kier molecular flexibility index (Phi) is 11.4. The van der Waals surface area contributed by atoms with Gasteiger partial charge in [-0.1, -0.05) is 85.9 Å². The van der Waals surface area contributed by atoms with E-state index in [1.807, 2.05) is 13.8 Å². The van der Waals surface area contributed by atoms with Crippen LogP contribution in [0.5, 0.6) is 0 Å². The minimum Gasteiger partial charge on any atom is -0.354 e. The fourth-order valence-corrected chi connectivity index (χ4v) is 6.30. The van der Waals surface area contributed by atoms with E-state index < -0.39 is 28.5 Å². The Labute approximate surface area is 247 Å². The highest BCUT2D eigenvalue weighted by Crippen LogP contribution is 2.28. The minimum absolute atomic E-state index is 0.00152. The second-order valence-electron chi connectivity index (χ2n) is 9.44. The summed E-state index contributed by atoms with van der Waals surface area (Å²) in [5.41, 5.74) is 1.66. The number of amides is 2. The molecule has 3 rings (SSSR count). The number of aryl methyl sites for hydroxylation is 1. The maximum Gasteiger partial charge on any atom is 0.264 e. The second-order valence-corrected chi connectivity index (χ2v) is 12.1. The van der Waals surface area contributed by atoms with Crippen molar-refractivity contribution in [3.8, 4) is 0 Å². The standard InChI is InChI=1S/C30H35Cl2N3O4S/c1-4-6-18-33-30(37)27(5-2)34(20-23-16-17-24(31)19-26(23)32)29(36)21-35(28-15-11-10-12-22(28)3)40(38,39)25-13-8-7-9-14-25/h7-17,19,27H,4-6,18,20-21H2,1-3H3,(H,33,37)/t27-/m0/s1. The Balaban J connectivity index is 2.06. The van der Waals surface area contributed by atoms with Crippen molar-refractivity contribution in [1.82, 2.24) is 10.2 Å². The molecule has 0 bridgehead atoms. The highest BCUT2D eigenvalue weighted by atomic mass is 35.5. The molecule has 0 fully saturated rings. The summed E-state index contributed by atoms with van der Waals surface area (Å²) in [4.78, 5) is 28.8. The Bertz CT molecular complexity index is 1420. The molecule has 0 radical (unpaired) electrons. The molecule has 0 spiro atoms. The smallest absolute Gasteiger partial charge is 0.264 e. The molecule has 1 atom stereocenters. The third-order valence-electron chi connectivity index (χ3n) is 6.57. The van der Waals surface area contributed by atoms with E-state index in [2.05, 4.69) is 5.32 Å². The number of anilines is 1. The van der Waals surface area contributed by atoms with Crippen LogP contribution >= 0.6 is 23.2 Å². The molecule has 40 heavy (non-hydrogen) atoms. The average molecular weight is 605 g/mol. The van der Waals surface area contributed by atoms with Crippen molar-refractivity contribution in [2.24, 2.45) is 0 Å². The van der Waals surface area contributed by atoms with Crippen molar-refractivity contribution in [2.75, 3.05) is 17.4 Å². The van der Waals surface area contributed by atoms with E-state index in [-0.39, 0.29) is 17.3 Å². The molecule has 7 nitrogen and oxygen atoms in total. The second kappa shape index (κ2) is 14.5. The van der Waals surface area contributed by atoms with Crippen LogP contribution in [0.2, 0.25) is 10.0 Å². The molecule has 0 aliphatic rings. The maximum absolute atomic E-state index is 14.1. The van der Waals surface area contributed by atoms with Gasteiger partial charge < -0.3 is 10.2 Å². The van der Waals surface area contributed by atoms with Gasteiger partial charge in [-0.25, -0.2) is 8.42 Å². The van der Waals surface area contributed by atoms with Crippen LogP contribution in [0.25, 0.3) is 0 Å². The normalized spacial score (nSPS) is 12.0. The average Bonchev–Trinajstić information content (AvgIpc) is 2.93. The molecule has 10 heteroatoms. The Morgan fingerprint density at radius 2 is 1.62 bits per heavy atom. The predicted molar refractivity (Wildman–Crippen MR) is 161 cm³/mol. The van der Waals surface area contributed by atoms with Crippen molar-refractivity contribution >= 4 is 50.7 Å². The summed E-state index contributed by atoms with van der Waals surface area (Å²) in [6.45, 7) is 5.60. The number of unbranched alkanes of at least 4 members (excludes halogenated alkanes) is 1. The number of nitrogens with zero attached hydrogens (tertiary/aromatic N) is 2. The number of benzene rings is 3. The topological polar surface area (TPSA) is 86.8 Å². The van der Waals surface area contributed by atoms with E-state index in [0.29, 0.717) is 39.8 Å². The fraction of sp³-hybridized carbons (Fsp3) is 0.333. The number of hydrogen-bond donors (Lipinski definition) is 1. The highest BCUT2D eigenvalue weighted by molar-refractivity contribution is 7.92. The lowest BCUT2D eigenvalue weighted by atomic mass is 10.1. The molecule has 0 saturated carbocycles. The van der Waals surface area contributed by atoms with Gasteiger partial charge in [0.15, 0.2) is 0 Å². The SMILES string of the molecule is CCCCNC(=O)[C@H](CC)N(Cc1ccc(Cl)cc1Cl)C(=O)CN(c1ccccc1C)S(=O)(=O)c1ccccc1. The lowest BCUT2D eigenvalue weighted by molar-refractivity contribution is -0.140. The number of carbonyl (C=O) groups is 2. The van der Waals surface area contributed by atoms with Gasteiger partial charge in [0.2, 0.25) is 11.8 Å². The van der Waals surface area contributed by atoms with E-state index in [9.17, 15) is 18.0 Å². The quantitative estimate of drug-likeness (QED) is 0.235. The number of sulfonamides is 1. The molecule has 3 aromatic rings. The number of para-hydroxylation sites is 1. The molecule has 0 aliphatic carbocycles. The van der Waals surface area contributed by atoms with Crippen LogP contribution < -0.4 is 9.62 Å². The zero-order valence-electron chi connectivity index (χ0n) is 22.9. The fourth-order valence-electron chi connectivity index (χ4n) is 4.34. The largest absolute Gasteiger partial charge is 0.354 e. The number of nitrogens with one attached hydrogen (secondary N) is 1. The molecule has 0 saturated heterocycles. The third kappa shape index (κ3) is 7.77. The van der Waals surface area contributed by atoms with Crippen LogP contribution in [0, 0.1) is 6.92 Å². The van der Waals surface area contributed by atoms with Gasteiger partial charge in [0.1, 0.15) is 12.6 Å². The molecule has 214 valence electrons. The first-order chi connectivity index (χ1) is 19.1. The van der Waals surface area contributed by atoms with Gasteiger partial charge in [-0.2, -0.15) is 0 Å². The van der Waals surface area contributed by atoms with Crippen molar-refractivity contribution in [2.45, 2.75) is 57.5 Å². The molecule has 0 aliphatic heterocycles. The molecule has 2 amide bonds. The van der Waals surface area contributed by atoms with Crippen LogP contribution in [0.15, 0.2) is 77.7 Å². The van der Waals surface area contributed by atoms with Gasteiger partial charge in [-0.15, -0.1) is 0 Å². The predicted octanol–water partition coefficient (Wildman–Crippen LogP) is 6.22. The zero-order valence-corrected chi connectivity index (χ0v) is 25.3. The van der Waals surface area contributed by atoms with Gasteiger partial charge >= 0.3 is 0 Å².